The van der Waals surface area contributed by atoms with Gasteiger partial charge in [-0.3, -0.25) is 14.8 Å². The van der Waals surface area contributed by atoms with Crippen molar-refractivity contribution in [2.75, 3.05) is 10.5 Å². The molecule has 0 radical (unpaired) electrons. The molecule has 1 aromatic carbocycles. The van der Waals surface area contributed by atoms with Crippen molar-refractivity contribution in [1.82, 2.24) is 5.32 Å². The molecule has 2 N–H and O–H groups in total. The lowest BCUT2D eigenvalue weighted by molar-refractivity contribution is -0.123. The summed E-state index contributed by atoms with van der Waals surface area (Å²) in [6.07, 6.45) is -1.77. The number of carbonyl (C=O) groups is 2. The molecule has 0 spiro atoms. The van der Waals surface area contributed by atoms with Gasteiger partial charge in [0.15, 0.2) is 0 Å². The van der Waals surface area contributed by atoms with E-state index in [0.29, 0.717) is 11.3 Å². The highest BCUT2D eigenvalue weighted by Crippen LogP contribution is 2.23. The fourth-order valence-corrected chi connectivity index (χ4v) is 2.19. The number of nitrogens with one attached hydrogen (secondary N) is 2. The third kappa shape index (κ3) is 3.02. The maximum absolute atomic E-state index is 11.4. The summed E-state index contributed by atoms with van der Waals surface area (Å²) in [5.41, 5.74) is 0.859. The van der Waals surface area contributed by atoms with Gasteiger partial charge in [0, 0.05) is 11.3 Å². The third-order valence-corrected chi connectivity index (χ3v) is 3.86. The highest BCUT2D eigenvalue weighted by atomic mass is 32.2. The molecule has 0 saturated carbocycles. The summed E-state index contributed by atoms with van der Waals surface area (Å²) in [5.74, 6) is -0.566. The van der Waals surface area contributed by atoms with Gasteiger partial charge in [0.1, 0.15) is 0 Å². The number of hydrogen-bond acceptors (Lipinski definition) is 5. The molecule has 1 saturated heterocycles. The second-order valence-corrected chi connectivity index (χ2v) is 5.91. The van der Waals surface area contributed by atoms with Gasteiger partial charge in [0.2, 0.25) is 16.1 Å². The van der Waals surface area contributed by atoms with Gasteiger partial charge < -0.3 is 4.74 Å². The Balaban J connectivity index is 2.15. The van der Waals surface area contributed by atoms with Crippen molar-refractivity contribution in [3.63, 3.8) is 0 Å². The first-order valence-corrected chi connectivity index (χ1v) is 7.18. The number of ether oxygens (including phenoxy) is 1. The van der Waals surface area contributed by atoms with Gasteiger partial charge >= 0.3 is 6.09 Å². The van der Waals surface area contributed by atoms with Crippen LogP contribution in [-0.2, 0) is 19.6 Å². The Kier molecular flexibility index (Phi) is 3.43. The predicted octanol–water partition coefficient (Wildman–Crippen LogP) is 0.756. The lowest BCUT2D eigenvalue weighted by Gasteiger charge is -2.09. The highest BCUT2D eigenvalue weighted by Gasteiger charge is 2.33. The molecule has 1 unspecified atom stereocenters. The second-order valence-electron chi connectivity index (χ2n) is 3.90. The van der Waals surface area contributed by atoms with Crippen LogP contribution in [0.25, 0.3) is 0 Å². The summed E-state index contributed by atoms with van der Waals surface area (Å²) in [6, 6.07) is 6.05. The van der Waals surface area contributed by atoms with Gasteiger partial charge in [0.05, 0.1) is 5.75 Å². The van der Waals surface area contributed by atoms with Gasteiger partial charge in [-0.15, -0.1) is 0 Å². The minimum Gasteiger partial charge on any atom is -0.431 e. The van der Waals surface area contributed by atoms with Crippen LogP contribution in [0.5, 0.6) is 0 Å². The molecule has 0 aromatic heterocycles. The molecule has 1 atom stereocenters. The number of anilines is 1. The van der Waals surface area contributed by atoms with Crippen LogP contribution < -0.4 is 10.0 Å². The standard InChI is InChI=1S/C11H12N2O5S/c1-2-19(16,17)13-8-5-3-7(4-6-8)9-10(14)12-11(15)18-9/h3-6,9,13H,2H2,1H3,(H,12,14,15). The van der Waals surface area contributed by atoms with E-state index in [1.807, 2.05) is 5.32 Å². The van der Waals surface area contributed by atoms with Crippen LogP contribution in [0.1, 0.15) is 18.6 Å². The van der Waals surface area contributed by atoms with Crippen molar-refractivity contribution in [2.45, 2.75) is 13.0 Å². The van der Waals surface area contributed by atoms with Crippen molar-refractivity contribution in [3.05, 3.63) is 29.8 Å². The summed E-state index contributed by atoms with van der Waals surface area (Å²) < 4.78 is 29.9. The van der Waals surface area contributed by atoms with E-state index in [0.717, 1.165) is 0 Å². The fourth-order valence-electron chi connectivity index (χ4n) is 1.55. The van der Waals surface area contributed by atoms with E-state index in [1.165, 1.54) is 31.2 Å². The van der Waals surface area contributed by atoms with Gasteiger partial charge in [-0.25, -0.2) is 13.2 Å². The molecule has 1 aliphatic rings. The Labute approximate surface area is 110 Å². The van der Waals surface area contributed by atoms with Gasteiger partial charge in [-0.05, 0) is 19.1 Å². The molecule has 1 heterocycles. The van der Waals surface area contributed by atoms with E-state index in [1.54, 1.807) is 0 Å². The van der Waals surface area contributed by atoms with E-state index >= 15 is 0 Å². The lowest BCUT2D eigenvalue weighted by Crippen LogP contribution is -2.20. The molecule has 8 heteroatoms. The lowest BCUT2D eigenvalue weighted by atomic mass is 10.1. The topological polar surface area (TPSA) is 102 Å². The molecule has 1 fully saturated rings. The third-order valence-electron chi connectivity index (χ3n) is 2.56. The van der Waals surface area contributed by atoms with Crippen LogP contribution in [0.15, 0.2) is 24.3 Å². The van der Waals surface area contributed by atoms with Gasteiger partial charge in [-0.2, -0.15) is 0 Å². The van der Waals surface area contributed by atoms with Crippen LogP contribution >= 0.6 is 0 Å². The summed E-state index contributed by atoms with van der Waals surface area (Å²) in [7, 11) is -3.34. The quantitative estimate of drug-likeness (QED) is 0.849. The Bertz CT molecular complexity index is 608. The Morgan fingerprint density at radius 1 is 1.26 bits per heavy atom. The molecule has 7 nitrogen and oxygen atoms in total. The second kappa shape index (κ2) is 4.88. The average molecular weight is 284 g/mol. The van der Waals surface area contributed by atoms with E-state index in [9.17, 15) is 18.0 Å². The average Bonchev–Trinajstić information content (AvgIpc) is 2.69. The molecule has 102 valence electrons. The predicted molar refractivity (Wildman–Crippen MR) is 66.9 cm³/mol. The van der Waals surface area contributed by atoms with E-state index < -0.39 is 28.1 Å². The van der Waals surface area contributed by atoms with Crippen LogP contribution in [-0.4, -0.2) is 26.2 Å². The zero-order valence-electron chi connectivity index (χ0n) is 10.0. The minimum atomic E-state index is -3.34. The summed E-state index contributed by atoms with van der Waals surface area (Å²) in [4.78, 5) is 22.3. The molecule has 0 aliphatic carbocycles. The normalized spacial score (nSPS) is 18.9. The molecule has 0 bridgehead atoms. The van der Waals surface area contributed by atoms with Crippen LogP contribution in [0.3, 0.4) is 0 Å². The van der Waals surface area contributed by atoms with Crippen molar-refractivity contribution in [3.8, 4) is 0 Å². The number of carbonyl (C=O) groups excluding carboxylic acids is 2. The molecular formula is C11H12N2O5S. The fraction of sp³-hybridized carbons (Fsp3) is 0.273. The number of sulfonamides is 1. The maximum Gasteiger partial charge on any atom is 0.415 e. The number of rotatable bonds is 4. The molecule has 19 heavy (non-hydrogen) atoms. The monoisotopic (exact) mass is 284 g/mol. The first-order valence-electron chi connectivity index (χ1n) is 5.53. The van der Waals surface area contributed by atoms with Gasteiger partial charge in [-0.1, -0.05) is 12.1 Å². The molecule has 2 rings (SSSR count). The number of imide groups is 1. The van der Waals surface area contributed by atoms with Crippen molar-refractivity contribution in [2.24, 2.45) is 0 Å². The first kappa shape index (κ1) is 13.3. The van der Waals surface area contributed by atoms with Crippen LogP contribution in [0.2, 0.25) is 0 Å². The van der Waals surface area contributed by atoms with E-state index in [-0.39, 0.29) is 5.75 Å². The van der Waals surface area contributed by atoms with E-state index in [2.05, 4.69) is 4.72 Å². The Hall–Kier alpha value is -2.09. The van der Waals surface area contributed by atoms with Gasteiger partial charge in [0.25, 0.3) is 5.91 Å². The highest BCUT2D eigenvalue weighted by molar-refractivity contribution is 7.92. The summed E-state index contributed by atoms with van der Waals surface area (Å²) in [5, 5.41) is 2.02. The van der Waals surface area contributed by atoms with E-state index in [4.69, 9.17) is 4.74 Å². The van der Waals surface area contributed by atoms with Crippen LogP contribution in [0.4, 0.5) is 10.5 Å². The summed E-state index contributed by atoms with van der Waals surface area (Å²) in [6.45, 7) is 1.53. The molecule has 1 aromatic rings. The van der Waals surface area contributed by atoms with Crippen molar-refractivity contribution >= 4 is 27.7 Å². The number of alkyl carbamates (subject to hydrolysis) is 1. The van der Waals surface area contributed by atoms with Crippen molar-refractivity contribution in [1.29, 1.82) is 0 Å². The number of cyclic esters (lactones) is 1. The minimum absolute atomic E-state index is 0.0304. The Morgan fingerprint density at radius 2 is 1.89 bits per heavy atom. The number of amides is 2. The zero-order valence-corrected chi connectivity index (χ0v) is 10.9. The first-order chi connectivity index (χ1) is 8.91. The number of benzene rings is 1. The molecular weight excluding hydrogens is 272 g/mol. The molecule has 1 aliphatic heterocycles. The van der Waals surface area contributed by atoms with Crippen LogP contribution in [0, 0.1) is 0 Å². The Morgan fingerprint density at radius 3 is 2.37 bits per heavy atom. The zero-order chi connectivity index (χ0) is 14.0. The number of hydrogen-bond donors (Lipinski definition) is 2. The largest absolute Gasteiger partial charge is 0.431 e. The SMILES string of the molecule is CCS(=O)(=O)Nc1ccc(C2OC(=O)NC2=O)cc1. The molecule has 2 amide bonds. The summed E-state index contributed by atoms with van der Waals surface area (Å²) >= 11 is 0. The van der Waals surface area contributed by atoms with Crippen molar-refractivity contribution < 1.29 is 22.7 Å². The maximum atomic E-state index is 11.4. The smallest absolute Gasteiger partial charge is 0.415 e.